The molecule has 0 amide bonds. The third kappa shape index (κ3) is 10.6. The van der Waals surface area contributed by atoms with Gasteiger partial charge < -0.3 is 56.6 Å². The molecule has 16 nitrogen and oxygen atoms in total. The monoisotopic (exact) mass is 1030 g/mol. The molecular weight excluding hydrogens is 972 g/mol. The van der Waals surface area contributed by atoms with Crippen LogP contribution in [0.2, 0.25) is 0 Å². The van der Waals surface area contributed by atoms with E-state index in [0.717, 1.165) is 22.3 Å². The zero-order valence-electron chi connectivity index (χ0n) is 41.1. The fraction of sp³-hybridized carbons (Fsp3) is 0.351. The average molecular weight is 1030 g/mol. The number of benzene rings is 6. The first-order chi connectivity index (χ1) is 36.2. The first-order valence-corrected chi connectivity index (χ1v) is 26.1. The molecule has 17 heteroatoms. The predicted molar refractivity (Wildman–Crippen MR) is 265 cm³/mol. The maximum Gasteiger partial charge on any atom is 0.530 e. The Labute approximate surface area is 429 Å². The number of rotatable bonds is 19. The molecule has 1 aliphatic carbocycles. The largest absolute Gasteiger partial charge is 0.530 e. The van der Waals surface area contributed by atoms with E-state index in [4.69, 9.17) is 65.7 Å². The lowest BCUT2D eigenvalue weighted by Crippen LogP contribution is -2.64. The second kappa shape index (κ2) is 22.3. The molecule has 0 radical (unpaired) electrons. The van der Waals surface area contributed by atoms with Gasteiger partial charge in [0.15, 0.2) is 35.6 Å². The van der Waals surface area contributed by atoms with Crippen molar-refractivity contribution >= 4 is 13.8 Å². The normalized spacial score (nSPS) is 25.8. The minimum absolute atomic E-state index is 0.00119. The highest BCUT2D eigenvalue weighted by Crippen LogP contribution is 2.60. The van der Waals surface area contributed by atoms with Crippen molar-refractivity contribution < 1.29 is 75.0 Å². The van der Waals surface area contributed by atoms with Crippen LogP contribution in [-0.4, -0.2) is 77.2 Å². The van der Waals surface area contributed by atoms with Gasteiger partial charge in [-0.1, -0.05) is 121 Å². The Morgan fingerprint density at radius 1 is 0.608 bits per heavy atom. The van der Waals surface area contributed by atoms with Gasteiger partial charge in [0, 0.05) is 11.8 Å². The van der Waals surface area contributed by atoms with Gasteiger partial charge in [-0.2, -0.15) is 0 Å². The fourth-order valence-electron chi connectivity index (χ4n) is 10.3. The smallest absolute Gasteiger partial charge is 0.493 e. The zero-order chi connectivity index (χ0) is 50.6. The molecule has 74 heavy (non-hydrogen) atoms. The third-order valence-corrected chi connectivity index (χ3v) is 15.2. The van der Waals surface area contributed by atoms with Crippen molar-refractivity contribution in [3.63, 3.8) is 0 Å². The molecule has 4 aliphatic heterocycles. The second-order valence-corrected chi connectivity index (χ2v) is 20.2. The van der Waals surface area contributed by atoms with E-state index >= 15 is 0 Å². The Morgan fingerprint density at radius 2 is 1.14 bits per heavy atom. The van der Waals surface area contributed by atoms with Gasteiger partial charge in [-0.05, 0) is 70.1 Å². The quantitative estimate of drug-likeness (QED) is 0.0556. The van der Waals surface area contributed by atoms with Gasteiger partial charge in [-0.3, -0.25) is 13.8 Å². The number of esters is 1. The number of hydrogen-bond donors (Lipinski definition) is 0. The topological polar surface area (TPSA) is 163 Å². The maximum atomic E-state index is 14.7. The fourth-order valence-corrected chi connectivity index (χ4v) is 11.5. The maximum absolute atomic E-state index is 14.7. The lowest BCUT2D eigenvalue weighted by atomic mass is 9.66. The van der Waals surface area contributed by atoms with Gasteiger partial charge in [0.05, 0.1) is 65.9 Å². The van der Waals surface area contributed by atoms with Gasteiger partial charge in [0.2, 0.25) is 12.5 Å². The number of carbonyl (C=O) groups excluding carboxylic acids is 1. The molecule has 10 atom stereocenters. The van der Waals surface area contributed by atoms with Crippen molar-refractivity contribution in [3.05, 3.63) is 185 Å². The standard InChI is InChI=1S/C57H57O16P/c1-35-62-33-48-53(70-35)54(63-28-36-16-8-4-9-17-36)55(64-29-37-18-10-5-11-19-37)57(71-48)72-51-42-27-45-44(66-34-67-45)26-41(42)49(50-43(51)32-65-56(50)58)40-24-46(60-2)52(47(25-40)61-3)73-74(59,68-30-38-20-12-6-13-21-38)69-31-39-22-14-7-15-23-39/h4-27,35,43,48-51,53-55,57H,28-34H2,1-3H3/t35-,43+,48-,49-,50+,51-,53-,54+,55-,57+/m1/s1. The zero-order valence-corrected chi connectivity index (χ0v) is 42.0. The minimum Gasteiger partial charge on any atom is -0.493 e. The molecule has 3 saturated heterocycles. The molecule has 0 N–H and O–H groups in total. The average Bonchev–Trinajstić information content (AvgIpc) is 4.07. The van der Waals surface area contributed by atoms with Gasteiger partial charge >= 0.3 is 13.8 Å². The summed E-state index contributed by atoms with van der Waals surface area (Å²) >= 11 is 0. The van der Waals surface area contributed by atoms with Crippen LogP contribution in [0.15, 0.2) is 146 Å². The van der Waals surface area contributed by atoms with E-state index in [0.29, 0.717) is 28.2 Å². The summed E-state index contributed by atoms with van der Waals surface area (Å²) in [5.74, 6) is -1.23. The molecule has 0 aromatic heterocycles. The third-order valence-electron chi connectivity index (χ3n) is 13.9. The van der Waals surface area contributed by atoms with E-state index in [1.54, 1.807) is 12.1 Å². The lowest BCUT2D eigenvalue weighted by molar-refractivity contribution is -0.375. The van der Waals surface area contributed by atoms with Gasteiger partial charge in [0.1, 0.15) is 24.4 Å². The summed E-state index contributed by atoms with van der Waals surface area (Å²) in [5.41, 5.74) is 5.43. The Hall–Kier alpha value is -6.30. The van der Waals surface area contributed by atoms with E-state index in [-0.39, 0.29) is 63.7 Å². The molecule has 5 aliphatic rings. The molecule has 6 aromatic rings. The highest BCUT2D eigenvalue weighted by Gasteiger charge is 2.57. The summed E-state index contributed by atoms with van der Waals surface area (Å²) in [6, 6.07) is 45.5. The lowest BCUT2D eigenvalue weighted by Gasteiger charge is -2.50. The van der Waals surface area contributed by atoms with Crippen LogP contribution in [0, 0.1) is 11.8 Å². The Balaban J connectivity index is 0.959. The summed E-state index contributed by atoms with van der Waals surface area (Å²) in [6.07, 6.45) is -5.06. The number of cyclic esters (lactones) is 1. The van der Waals surface area contributed by atoms with E-state index in [9.17, 15) is 9.36 Å². The number of ether oxygens (including phenoxy) is 11. The summed E-state index contributed by atoms with van der Waals surface area (Å²) in [4.78, 5) is 14.4. The molecule has 4 heterocycles. The highest BCUT2D eigenvalue weighted by atomic mass is 31.2. The molecule has 3 fully saturated rings. The van der Waals surface area contributed by atoms with Crippen molar-refractivity contribution in [2.45, 2.75) is 82.4 Å². The van der Waals surface area contributed by atoms with E-state index in [2.05, 4.69) is 0 Å². The summed E-state index contributed by atoms with van der Waals surface area (Å²) in [6.45, 7) is 2.43. The van der Waals surface area contributed by atoms with Crippen LogP contribution in [0.1, 0.15) is 57.9 Å². The van der Waals surface area contributed by atoms with Crippen molar-refractivity contribution in [1.82, 2.24) is 0 Å². The highest BCUT2D eigenvalue weighted by molar-refractivity contribution is 7.48. The molecule has 6 aromatic carbocycles. The SMILES string of the molecule is COc1cc([C@@H]2c3cc4c(cc3[C@@H](O[C@@H]3O[C@@H]5CO[C@@H](C)O[C@H]5[C@H](OCc5ccccc5)[C@H]3OCc3ccccc3)[C@H]3COC(=O)[C@H]23)OCO4)cc(OC)c1OP(=O)(OCc1ccccc1)OCc1ccccc1. The van der Waals surface area contributed by atoms with Crippen LogP contribution in [0.4, 0.5) is 0 Å². The molecular formula is C57H57O16P. The van der Waals surface area contributed by atoms with Gasteiger partial charge in [-0.15, -0.1) is 0 Å². The van der Waals surface area contributed by atoms with Crippen LogP contribution in [0.25, 0.3) is 0 Å². The van der Waals surface area contributed by atoms with E-state index in [1.165, 1.54) is 14.2 Å². The number of hydrogen-bond acceptors (Lipinski definition) is 16. The van der Waals surface area contributed by atoms with Crippen molar-refractivity contribution in [2.75, 3.05) is 34.2 Å². The number of phosphoric ester groups is 1. The molecule has 11 rings (SSSR count). The van der Waals surface area contributed by atoms with E-state index < -0.39 is 74.6 Å². The predicted octanol–water partition coefficient (Wildman–Crippen LogP) is 10.0. The van der Waals surface area contributed by atoms with E-state index in [1.807, 2.05) is 140 Å². The Kier molecular flexibility index (Phi) is 15.0. The van der Waals surface area contributed by atoms with Crippen LogP contribution in [0.3, 0.4) is 0 Å². The van der Waals surface area contributed by atoms with Crippen LogP contribution < -0.4 is 23.5 Å². The summed E-state index contributed by atoms with van der Waals surface area (Å²) in [5, 5.41) is 0. The van der Waals surface area contributed by atoms with Crippen LogP contribution in [-0.2, 0) is 78.0 Å². The number of phosphoric acid groups is 1. The Bertz CT molecular complexity index is 2840. The van der Waals surface area contributed by atoms with Gasteiger partial charge in [0.25, 0.3) is 0 Å². The van der Waals surface area contributed by atoms with Crippen molar-refractivity contribution in [3.8, 4) is 28.7 Å². The summed E-state index contributed by atoms with van der Waals surface area (Å²) in [7, 11) is -1.49. The van der Waals surface area contributed by atoms with Crippen LogP contribution in [0.5, 0.6) is 28.7 Å². The number of methoxy groups -OCH3 is 2. The second-order valence-electron chi connectivity index (χ2n) is 18.6. The molecule has 0 unspecified atom stereocenters. The summed E-state index contributed by atoms with van der Waals surface area (Å²) < 4.78 is 103. The van der Waals surface area contributed by atoms with Crippen molar-refractivity contribution in [1.29, 1.82) is 0 Å². The van der Waals surface area contributed by atoms with Crippen LogP contribution >= 0.6 is 7.82 Å². The minimum atomic E-state index is -4.41. The molecule has 386 valence electrons. The first-order valence-electron chi connectivity index (χ1n) is 24.7. The number of carbonyl (C=O) groups is 1. The Morgan fingerprint density at radius 3 is 1.69 bits per heavy atom. The van der Waals surface area contributed by atoms with Gasteiger partial charge in [-0.25, -0.2) is 4.57 Å². The van der Waals surface area contributed by atoms with Crippen molar-refractivity contribution in [2.24, 2.45) is 11.8 Å². The molecule has 0 saturated carbocycles. The first kappa shape index (κ1) is 49.9. The number of fused-ring (bicyclic) bond motifs is 4. The molecule has 0 bridgehead atoms. The molecule has 0 spiro atoms.